The highest BCUT2D eigenvalue weighted by molar-refractivity contribution is 5.74. The Hall–Kier alpha value is -2.42. The van der Waals surface area contributed by atoms with Gasteiger partial charge in [0, 0.05) is 0 Å². The topological polar surface area (TPSA) is 30.7 Å². The number of rotatable bonds is 4. The Kier molecular flexibility index (Phi) is 3.11. The van der Waals surface area contributed by atoms with Crippen LogP contribution >= 0.6 is 0 Å². The highest BCUT2D eigenvalue weighted by atomic mass is 15.4. The van der Waals surface area contributed by atoms with Crippen LogP contribution in [-0.2, 0) is 6.42 Å². The van der Waals surface area contributed by atoms with E-state index in [1.807, 2.05) is 41.1 Å². The summed E-state index contributed by atoms with van der Waals surface area (Å²) in [5, 5.41) is 8.45. The van der Waals surface area contributed by atoms with Crippen molar-refractivity contribution in [3.63, 3.8) is 0 Å². The van der Waals surface area contributed by atoms with Crippen molar-refractivity contribution in [3.05, 3.63) is 72.8 Å². The normalized spacial score (nSPS) is 12.4. The molecule has 3 rings (SSSR count). The van der Waals surface area contributed by atoms with Crippen LogP contribution in [0, 0.1) is 0 Å². The molecule has 94 valence electrons. The van der Waals surface area contributed by atoms with Crippen molar-refractivity contribution in [2.75, 3.05) is 0 Å². The third kappa shape index (κ3) is 2.27. The lowest BCUT2D eigenvalue weighted by Crippen LogP contribution is -2.11. The van der Waals surface area contributed by atoms with Gasteiger partial charge in [-0.2, -0.15) is 0 Å². The standard InChI is InChI=1S/C16H15N3/c1-2-14(12-13-8-4-3-5-9-13)19-16-11-7-6-10-15(16)17-18-19/h2-11,14H,1,12H2. The molecule has 0 aliphatic carbocycles. The largest absolute Gasteiger partial charge is 0.237 e. The molecule has 0 spiro atoms. The molecule has 0 radical (unpaired) electrons. The molecule has 0 aliphatic rings. The third-order valence-corrected chi connectivity index (χ3v) is 3.25. The Morgan fingerprint density at radius 3 is 2.58 bits per heavy atom. The van der Waals surface area contributed by atoms with Crippen LogP contribution in [0.3, 0.4) is 0 Å². The number of nitrogens with zero attached hydrogens (tertiary/aromatic N) is 3. The van der Waals surface area contributed by atoms with Gasteiger partial charge in [0.1, 0.15) is 5.52 Å². The zero-order valence-corrected chi connectivity index (χ0v) is 10.6. The van der Waals surface area contributed by atoms with Crippen LogP contribution in [0.4, 0.5) is 0 Å². The molecule has 1 atom stereocenters. The van der Waals surface area contributed by atoms with E-state index in [1.165, 1.54) is 5.56 Å². The van der Waals surface area contributed by atoms with Crippen molar-refractivity contribution in [1.29, 1.82) is 0 Å². The predicted molar refractivity (Wildman–Crippen MR) is 76.9 cm³/mol. The summed E-state index contributed by atoms with van der Waals surface area (Å²) in [4.78, 5) is 0. The minimum Gasteiger partial charge on any atom is -0.237 e. The molecular formula is C16H15N3. The maximum Gasteiger partial charge on any atom is 0.113 e. The van der Waals surface area contributed by atoms with Crippen LogP contribution in [0.25, 0.3) is 11.0 Å². The second-order valence-corrected chi connectivity index (χ2v) is 4.52. The molecule has 19 heavy (non-hydrogen) atoms. The molecule has 3 aromatic rings. The Labute approximate surface area is 112 Å². The number of benzene rings is 2. The number of fused-ring (bicyclic) bond motifs is 1. The SMILES string of the molecule is C=CC(Cc1ccccc1)n1nnc2ccccc21. The fraction of sp³-hybridized carbons (Fsp3) is 0.125. The van der Waals surface area contributed by atoms with E-state index in [1.54, 1.807) is 0 Å². The van der Waals surface area contributed by atoms with Crippen molar-refractivity contribution in [3.8, 4) is 0 Å². The minimum absolute atomic E-state index is 0.120. The lowest BCUT2D eigenvalue weighted by Gasteiger charge is -2.13. The van der Waals surface area contributed by atoms with Gasteiger partial charge >= 0.3 is 0 Å². The minimum atomic E-state index is 0.120. The second kappa shape index (κ2) is 5.06. The van der Waals surface area contributed by atoms with Gasteiger partial charge in [0.25, 0.3) is 0 Å². The van der Waals surface area contributed by atoms with Crippen LogP contribution < -0.4 is 0 Å². The molecule has 0 saturated carbocycles. The van der Waals surface area contributed by atoms with Gasteiger partial charge in [-0.1, -0.05) is 53.8 Å². The summed E-state index contributed by atoms with van der Waals surface area (Å²) in [7, 11) is 0. The average molecular weight is 249 g/mol. The fourth-order valence-corrected chi connectivity index (χ4v) is 2.26. The van der Waals surface area contributed by atoms with Crippen LogP contribution in [0.1, 0.15) is 11.6 Å². The Morgan fingerprint density at radius 2 is 1.79 bits per heavy atom. The third-order valence-electron chi connectivity index (χ3n) is 3.25. The molecule has 0 fully saturated rings. The van der Waals surface area contributed by atoms with Gasteiger partial charge in [0.05, 0.1) is 11.6 Å². The highest BCUT2D eigenvalue weighted by Crippen LogP contribution is 2.19. The van der Waals surface area contributed by atoms with Gasteiger partial charge < -0.3 is 0 Å². The molecule has 1 aromatic heterocycles. The quantitative estimate of drug-likeness (QED) is 0.663. The summed E-state index contributed by atoms with van der Waals surface area (Å²) < 4.78 is 1.94. The number of allylic oxidation sites excluding steroid dienone is 1. The first kappa shape index (κ1) is 11.7. The maximum atomic E-state index is 4.26. The molecule has 1 unspecified atom stereocenters. The Morgan fingerprint density at radius 1 is 1.05 bits per heavy atom. The predicted octanol–water partition coefficient (Wildman–Crippen LogP) is 3.40. The van der Waals surface area contributed by atoms with E-state index in [2.05, 4.69) is 41.2 Å². The number of hydrogen-bond acceptors (Lipinski definition) is 2. The molecule has 1 heterocycles. The zero-order valence-electron chi connectivity index (χ0n) is 10.6. The lowest BCUT2D eigenvalue weighted by molar-refractivity contribution is 0.534. The Balaban J connectivity index is 1.96. The van der Waals surface area contributed by atoms with Gasteiger partial charge in [0.15, 0.2) is 0 Å². The molecule has 0 aliphatic heterocycles. The fourth-order valence-electron chi connectivity index (χ4n) is 2.26. The van der Waals surface area contributed by atoms with E-state index in [-0.39, 0.29) is 6.04 Å². The van der Waals surface area contributed by atoms with E-state index < -0.39 is 0 Å². The van der Waals surface area contributed by atoms with Crippen molar-refractivity contribution in [1.82, 2.24) is 15.0 Å². The average Bonchev–Trinajstić information content (AvgIpc) is 2.90. The van der Waals surface area contributed by atoms with Crippen LogP contribution in [0.2, 0.25) is 0 Å². The number of hydrogen-bond donors (Lipinski definition) is 0. The number of para-hydroxylation sites is 1. The molecule has 0 amide bonds. The second-order valence-electron chi connectivity index (χ2n) is 4.52. The van der Waals surface area contributed by atoms with E-state index in [4.69, 9.17) is 0 Å². The van der Waals surface area contributed by atoms with Gasteiger partial charge in [-0.05, 0) is 24.1 Å². The zero-order chi connectivity index (χ0) is 13.1. The summed E-state index contributed by atoms with van der Waals surface area (Å²) in [6, 6.07) is 18.5. The smallest absolute Gasteiger partial charge is 0.113 e. The summed E-state index contributed by atoms with van der Waals surface area (Å²) in [5.41, 5.74) is 3.23. The molecule has 3 heteroatoms. The van der Waals surface area contributed by atoms with E-state index >= 15 is 0 Å². The monoisotopic (exact) mass is 249 g/mol. The molecule has 3 nitrogen and oxygen atoms in total. The van der Waals surface area contributed by atoms with Crippen LogP contribution in [0.15, 0.2) is 67.3 Å². The van der Waals surface area contributed by atoms with E-state index in [0.717, 1.165) is 17.5 Å². The van der Waals surface area contributed by atoms with Gasteiger partial charge in [-0.15, -0.1) is 11.7 Å². The van der Waals surface area contributed by atoms with E-state index in [0.29, 0.717) is 0 Å². The van der Waals surface area contributed by atoms with Gasteiger partial charge in [-0.25, -0.2) is 4.68 Å². The van der Waals surface area contributed by atoms with Crippen molar-refractivity contribution in [2.45, 2.75) is 12.5 Å². The van der Waals surface area contributed by atoms with Crippen molar-refractivity contribution in [2.24, 2.45) is 0 Å². The summed E-state index contributed by atoms with van der Waals surface area (Å²) in [5.74, 6) is 0. The lowest BCUT2D eigenvalue weighted by atomic mass is 10.1. The first-order valence-electron chi connectivity index (χ1n) is 6.35. The molecule has 0 bridgehead atoms. The summed E-state index contributed by atoms with van der Waals surface area (Å²) >= 11 is 0. The highest BCUT2D eigenvalue weighted by Gasteiger charge is 2.12. The van der Waals surface area contributed by atoms with Gasteiger partial charge in [-0.3, -0.25) is 0 Å². The summed E-state index contributed by atoms with van der Waals surface area (Å²) in [6.45, 7) is 3.93. The van der Waals surface area contributed by atoms with E-state index in [9.17, 15) is 0 Å². The molecule has 0 saturated heterocycles. The first-order valence-corrected chi connectivity index (χ1v) is 6.35. The van der Waals surface area contributed by atoms with Crippen molar-refractivity contribution < 1.29 is 0 Å². The molecule has 0 N–H and O–H groups in total. The summed E-state index contributed by atoms with van der Waals surface area (Å²) in [6.07, 6.45) is 2.80. The number of aromatic nitrogens is 3. The van der Waals surface area contributed by atoms with Gasteiger partial charge in [0.2, 0.25) is 0 Å². The molecular weight excluding hydrogens is 234 g/mol. The van der Waals surface area contributed by atoms with Crippen LogP contribution in [0.5, 0.6) is 0 Å². The maximum absolute atomic E-state index is 4.26. The molecule has 2 aromatic carbocycles. The first-order chi connectivity index (χ1) is 9.38. The Bertz CT molecular complexity index is 685. The van der Waals surface area contributed by atoms with Crippen LogP contribution in [-0.4, -0.2) is 15.0 Å². The van der Waals surface area contributed by atoms with Crippen molar-refractivity contribution >= 4 is 11.0 Å².